The zero-order valence-electron chi connectivity index (χ0n) is 19.4. The van der Waals surface area contributed by atoms with E-state index in [-0.39, 0.29) is 43.4 Å². The first kappa shape index (κ1) is 23.6. The number of fused-ring (bicyclic) bond motifs is 1. The summed E-state index contributed by atoms with van der Waals surface area (Å²) in [6.07, 6.45) is -4.65. The van der Waals surface area contributed by atoms with Crippen LogP contribution in [0.1, 0.15) is 27.2 Å². The summed E-state index contributed by atoms with van der Waals surface area (Å²) in [4.78, 5) is 24.5. The van der Waals surface area contributed by atoms with Gasteiger partial charge in [-0.3, -0.25) is 4.79 Å². The van der Waals surface area contributed by atoms with Crippen LogP contribution in [-0.2, 0) is 6.18 Å². The third-order valence-corrected chi connectivity index (χ3v) is 6.04. The van der Waals surface area contributed by atoms with E-state index in [4.69, 9.17) is 9.47 Å². The van der Waals surface area contributed by atoms with Crippen molar-refractivity contribution < 1.29 is 27.4 Å². The monoisotopic (exact) mass is 474 g/mol. The molecule has 0 radical (unpaired) electrons. The van der Waals surface area contributed by atoms with E-state index < -0.39 is 11.9 Å². The van der Waals surface area contributed by atoms with Crippen LogP contribution >= 0.6 is 0 Å². The second-order valence-corrected chi connectivity index (χ2v) is 8.16. The van der Waals surface area contributed by atoms with E-state index in [2.05, 4.69) is 9.97 Å². The Kier molecular flexibility index (Phi) is 6.24. The fraction of sp³-hybridized carbons (Fsp3) is 0.375. The molecular formula is C24H25F3N4O3. The van der Waals surface area contributed by atoms with E-state index >= 15 is 0 Å². The quantitative estimate of drug-likeness (QED) is 0.564. The summed E-state index contributed by atoms with van der Waals surface area (Å²) < 4.78 is 52.1. The van der Waals surface area contributed by atoms with Crippen molar-refractivity contribution in [2.24, 2.45) is 0 Å². The molecule has 0 bridgehead atoms. The molecule has 10 heteroatoms. The molecule has 0 N–H and O–H groups in total. The lowest BCUT2D eigenvalue weighted by molar-refractivity contribution is -0.140. The Morgan fingerprint density at radius 1 is 0.912 bits per heavy atom. The number of benzene rings is 2. The number of methoxy groups -OCH3 is 2. The largest absolute Gasteiger partial charge is 0.497 e. The number of hydrogen-bond donors (Lipinski definition) is 0. The molecule has 0 atom stereocenters. The van der Waals surface area contributed by atoms with Gasteiger partial charge < -0.3 is 19.3 Å². The molecule has 180 valence electrons. The summed E-state index contributed by atoms with van der Waals surface area (Å²) in [6.45, 7) is 4.56. The van der Waals surface area contributed by atoms with Crippen molar-refractivity contribution in [2.45, 2.75) is 20.0 Å². The highest BCUT2D eigenvalue weighted by atomic mass is 19.4. The number of ether oxygens (including phenoxy) is 2. The maximum atomic E-state index is 13.9. The molecule has 1 fully saturated rings. The number of alkyl halides is 3. The molecule has 1 saturated heterocycles. The van der Waals surface area contributed by atoms with Crippen LogP contribution in [0.3, 0.4) is 0 Å². The van der Waals surface area contributed by atoms with E-state index in [1.54, 1.807) is 40.1 Å². The number of amides is 1. The molecule has 1 aliphatic rings. The van der Waals surface area contributed by atoms with Crippen LogP contribution in [0, 0.1) is 13.8 Å². The van der Waals surface area contributed by atoms with E-state index in [0.717, 1.165) is 11.1 Å². The van der Waals surface area contributed by atoms with Gasteiger partial charge in [0, 0.05) is 32.2 Å². The normalized spacial score (nSPS) is 14.4. The van der Waals surface area contributed by atoms with Gasteiger partial charge in [-0.2, -0.15) is 13.2 Å². The molecule has 1 aliphatic heterocycles. The van der Waals surface area contributed by atoms with E-state index in [1.165, 1.54) is 14.2 Å². The van der Waals surface area contributed by atoms with Crippen molar-refractivity contribution in [2.75, 3.05) is 45.3 Å². The Bertz CT molecular complexity index is 1240. The lowest BCUT2D eigenvalue weighted by atomic mass is 10.1. The number of hydrogen-bond acceptors (Lipinski definition) is 6. The van der Waals surface area contributed by atoms with Crippen LogP contribution < -0.4 is 14.4 Å². The second kappa shape index (κ2) is 9.00. The van der Waals surface area contributed by atoms with Crippen molar-refractivity contribution in [3.05, 3.63) is 52.7 Å². The maximum Gasteiger partial charge on any atom is 0.437 e. The molecule has 2 heterocycles. The van der Waals surface area contributed by atoms with Crippen molar-refractivity contribution >= 4 is 22.8 Å². The number of aryl methyl sites for hydroxylation is 2. The Balaban J connectivity index is 1.60. The SMILES string of the molecule is COc1ccc(C(=O)N2CCN(c3nc4cc(C)c(C)cc4nc3C(F)(F)F)CC2)c(OC)c1. The number of carbonyl (C=O) groups excluding carboxylic acids is 1. The summed E-state index contributed by atoms with van der Waals surface area (Å²) in [5.74, 6) is 0.457. The highest BCUT2D eigenvalue weighted by Crippen LogP contribution is 2.36. The number of aromatic nitrogens is 2. The van der Waals surface area contributed by atoms with Crippen molar-refractivity contribution in [1.82, 2.24) is 14.9 Å². The lowest BCUT2D eigenvalue weighted by Crippen LogP contribution is -2.49. The van der Waals surface area contributed by atoms with Crippen LogP contribution in [-0.4, -0.2) is 61.2 Å². The van der Waals surface area contributed by atoms with Crippen LogP contribution in [0.4, 0.5) is 19.0 Å². The zero-order chi connectivity index (χ0) is 24.6. The van der Waals surface area contributed by atoms with Crippen molar-refractivity contribution in [3.8, 4) is 11.5 Å². The smallest absolute Gasteiger partial charge is 0.437 e. The summed E-state index contributed by atoms with van der Waals surface area (Å²) in [7, 11) is 2.98. The molecule has 0 unspecified atom stereocenters. The van der Waals surface area contributed by atoms with Crippen LogP contribution in [0.2, 0.25) is 0 Å². The lowest BCUT2D eigenvalue weighted by Gasteiger charge is -2.36. The van der Waals surface area contributed by atoms with E-state index in [1.807, 2.05) is 13.8 Å². The van der Waals surface area contributed by atoms with Gasteiger partial charge in [0.25, 0.3) is 5.91 Å². The number of piperazine rings is 1. The molecule has 2 aromatic carbocycles. The standard InChI is InChI=1S/C24H25F3N4O3/c1-14-11-18-19(12-15(14)2)29-22(21(28-18)24(25,26)27)30-7-9-31(10-8-30)23(32)17-6-5-16(33-3)13-20(17)34-4/h5-6,11-13H,7-10H2,1-4H3. The molecule has 34 heavy (non-hydrogen) atoms. The number of nitrogens with zero attached hydrogens (tertiary/aromatic N) is 4. The third kappa shape index (κ3) is 4.44. The summed E-state index contributed by atoms with van der Waals surface area (Å²) in [5, 5.41) is 0. The van der Waals surface area contributed by atoms with Gasteiger partial charge in [-0.15, -0.1) is 0 Å². The third-order valence-electron chi connectivity index (χ3n) is 6.04. The number of rotatable bonds is 4. The minimum Gasteiger partial charge on any atom is -0.497 e. The van der Waals surface area contributed by atoms with Crippen LogP contribution in [0.25, 0.3) is 11.0 Å². The maximum absolute atomic E-state index is 13.9. The Morgan fingerprint density at radius 3 is 2.09 bits per heavy atom. The van der Waals surface area contributed by atoms with Crippen molar-refractivity contribution in [3.63, 3.8) is 0 Å². The Hall–Kier alpha value is -3.56. The van der Waals surface area contributed by atoms with Crippen LogP contribution in [0.15, 0.2) is 30.3 Å². The van der Waals surface area contributed by atoms with Gasteiger partial charge in [0.05, 0.1) is 30.8 Å². The molecule has 0 aliphatic carbocycles. The fourth-order valence-electron chi connectivity index (χ4n) is 3.98. The van der Waals surface area contributed by atoms with Gasteiger partial charge in [0.2, 0.25) is 0 Å². The zero-order valence-corrected chi connectivity index (χ0v) is 19.4. The second-order valence-electron chi connectivity index (χ2n) is 8.16. The minimum absolute atomic E-state index is 0.193. The van der Waals surface area contributed by atoms with Gasteiger partial charge in [0.15, 0.2) is 11.5 Å². The Labute approximate surface area is 195 Å². The molecular weight excluding hydrogens is 449 g/mol. The molecule has 0 spiro atoms. The molecule has 1 amide bonds. The molecule has 4 rings (SSSR count). The summed E-state index contributed by atoms with van der Waals surface area (Å²) in [5.41, 5.74) is 1.75. The first-order chi connectivity index (χ1) is 16.1. The predicted molar refractivity (Wildman–Crippen MR) is 122 cm³/mol. The fourth-order valence-corrected chi connectivity index (χ4v) is 3.98. The van der Waals surface area contributed by atoms with Gasteiger partial charge in [-0.25, -0.2) is 9.97 Å². The summed E-state index contributed by atoms with van der Waals surface area (Å²) >= 11 is 0. The highest BCUT2D eigenvalue weighted by Gasteiger charge is 2.39. The van der Waals surface area contributed by atoms with Gasteiger partial charge in [-0.1, -0.05) is 0 Å². The Morgan fingerprint density at radius 2 is 1.53 bits per heavy atom. The number of anilines is 1. The van der Waals surface area contributed by atoms with Gasteiger partial charge in [0.1, 0.15) is 11.5 Å². The van der Waals surface area contributed by atoms with Gasteiger partial charge >= 0.3 is 6.18 Å². The number of halogens is 3. The minimum atomic E-state index is -4.65. The molecule has 3 aromatic rings. The average molecular weight is 474 g/mol. The predicted octanol–water partition coefficient (Wildman–Crippen LogP) is 4.25. The number of carbonyl (C=O) groups is 1. The molecule has 0 saturated carbocycles. The molecule has 7 nitrogen and oxygen atoms in total. The van der Waals surface area contributed by atoms with E-state index in [9.17, 15) is 18.0 Å². The topological polar surface area (TPSA) is 67.8 Å². The first-order valence-electron chi connectivity index (χ1n) is 10.7. The van der Waals surface area contributed by atoms with Crippen LogP contribution in [0.5, 0.6) is 11.5 Å². The first-order valence-corrected chi connectivity index (χ1v) is 10.7. The van der Waals surface area contributed by atoms with E-state index in [0.29, 0.717) is 22.6 Å². The summed E-state index contributed by atoms with van der Waals surface area (Å²) in [6, 6.07) is 8.27. The van der Waals surface area contributed by atoms with Crippen molar-refractivity contribution in [1.29, 1.82) is 0 Å². The highest BCUT2D eigenvalue weighted by molar-refractivity contribution is 5.97. The molecule has 1 aromatic heterocycles. The average Bonchev–Trinajstić information content (AvgIpc) is 2.82. The van der Waals surface area contributed by atoms with Gasteiger partial charge in [-0.05, 0) is 49.2 Å².